The van der Waals surface area contributed by atoms with E-state index in [1.54, 1.807) is 12.1 Å². The first-order valence-electron chi connectivity index (χ1n) is 4.17. The van der Waals surface area contributed by atoms with Gasteiger partial charge in [0.15, 0.2) is 0 Å². The molecule has 1 unspecified atom stereocenters. The van der Waals surface area contributed by atoms with Crippen LogP contribution in [0.5, 0.6) is 5.75 Å². The summed E-state index contributed by atoms with van der Waals surface area (Å²) in [5.41, 5.74) is 6.88. The molecule has 3 heteroatoms. The lowest BCUT2D eigenvalue weighted by atomic mass is 9.96. The summed E-state index contributed by atoms with van der Waals surface area (Å²) >= 11 is 0. The van der Waals surface area contributed by atoms with Crippen molar-refractivity contribution in [2.45, 2.75) is 12.8 Å². The molecule has 0 aliphatic heterocycles. The van der Waals surface area contributed by atoms with Crippen molar-refractivity contribution in [1.82, 2.24) is 0 Å². The highest BCUT2D eigenvalue weighted by Gasteiger charge is 2.08. The van der Waals surface area contributed by atoms with E-state index in [-0.39, 0.29) is 11.7 Å². The molecule has 0 radical (unpaired) electrons. The van der Waals surface area contributed by atoms with Gasteiger partial charge in [-0.15, -0.1) is 0 Å². The van der Waals surface area contributed by atoms with Crippen LogP contribution >= 0.6 is 0 Å². The average molecular weight is 179 g/mol. The zero-order valence-corrected chi connectivity index (χ0v) is 7.53. The van der Waals surface area contributed by atoms with E-state index in [0.29, 0.717) is 12.1 Å². The number of hydrogen-bond donors (Lipinski definition) is 2. The number of aldehydes is 1. The molecule has 13 heavy (non-hydrogen) atoms. The molecule has 0 aliphatic rings. The van der Waals surface area contributed by atoms with E-state index in [0.717, 1.165) is 11.8 Å². The zero-order valence-electron chi connectivity index (χ0n) is 7.53. The number of phenolic OH excluding ortho intramolecular Hbond substituents is 1. The first-order chi connectivity index (χ1) is 6.19. The first-order valence-corrected chi connectivity index (χ1v) is 4.17. The van der Waals surface area contributed by atoms with E-state index in [2.05, 4.69) is 0 Å². The fourth-order valence-corrected chi connectivity index (χ4v) is 1.24. The third-order valence-corrected chi connectivity index (χ3v) is 2.08. The number of hydrogen-bond acceptors (Lipinski definition) is 3. The lowest BCUT2D eigenvalue weighted by molar-refractivity contribution is 0.112. The maximum Gasteiger partial charge on any atom is 0.150 e. The Labute approximate surface area is 77.2 Å². The van der Waals surface area contributed by atoms with E-state index in [4.69, 9.17) is 10.8 Å². The molecule has 0 fully saturated rings. The molecule has 0 spiro atoms. The van der Waals surface area contributed by atoms with Crippen molar-refractivity contribution in [3.8, 4) is 5.75 Å². The van der Waals surface area contributed by atoms with Gasteiger partial charge in [-0.05, 0) is 30.2 Å². The van der Waals surface area contributed by atoms with Crippen molar-refractivity contribution in [2.24, 2.45) is 5.73 Å². The van der Waals surface area contributed by atoms with Gasteiger partial charge in [0.2, 0.25) is 0 Å². The highest BCUT2D eigenvalue weighted by Crippen LogP contribution is 2.21. The molecular formula is C10H13NO2. The van der Waals surface area contributed by atoms with Crippen molar-refractivity contribution in [2.75, 3.05) is 6.54 Å². The Kier molecular flexibility index (Phi) is 3.03. The van der Waals surface area contributed by atoms with Gasteiger partial charge in [-0.1, -0.05) is 13.0 Å². The van der Waals surface area contributed by atoms with Gasteiger partial charge in [-0.3, -0.25) is 4.79 Å². The van der Waals surface area contributed by atoms with Gasteiger partial charge in [-0.25, -0.2) is 0 Å². The summed E-state index contributed by atoms with van der Waals surface area (Å²) in [6.45, 7) is 2.44. The fraction of sp³-hybridized carbons (Fsp3) is 0.300. The van der Waals surface area contributed by atoms with Crippen LogP contribution in [-0.4, -0.2) is 17.9 Å². The number of phenols is 1. The normalized spacial score (nSPS) is 12.5. The molecule has 0 aromatic heterocycles. The minimum atomic E-state index is 0.107. The van der Waals surface area contributed by atoms with Gasteiger partial charge in [0.1, 0.15) is 12.0 Å². The lowest BCUT2D eigenvalue weighted by Crippen LogP contribution is -2.10. The first kappa shape index (κ1) is 9.74. The molecule has 0 aliphatic carbocycles. The molecular weight excluding hydrogens is 166 g/mol. The Hall–Kier alpha value is -1.35. The summed E-state index contributed by atoms with van der Waals surface area (Å²) in [4.78, 5) is 10.6. The van der Waals surface area contributed by atoms with E-state index in [1.807, 2.05) is 6.92 Å². The summed E-state index contributed by atoms with van der Waals surface area (Å²) in [5.74, 6) is 0.246. The number of carbonyl (C=O) groups excluding carboxylic acids is 1. The third kappa shape index (κ3) is 2.06. The van der Waals surface area contributed by atoms with Crippen molar-refractivity contribution in [1.29, 1.82) is 0 Å². The molecule has 3 N–H and O–H groups in total. The lowest BCUT2D eigenvalue weighted by Gasteiger charge is -2.11. The Bertz CT molecular complexity index is 310. The molecule has 0 amide bonds. The quantitative estimate of drug-likeness (QED) is 0.687. The van der Waals surface area contributed by atoms with Crippen LogP contribution in [0.4, 0.5) is 0 Å². The number of rotatable bonds is 3. The average Bonchev–Trinajstić information content (AvgIpc) is 2.16. The largest absolute Gasteiger partial charge is 0.508 e. The Morgan fingerprint density at radius 2 is 2.31 bits per heavy atom. The van der Waals surface area contributed by atoms with Crippen LogP contribution in [0.25, 0.3) is 0 Å². The summed E-state index contributed by atoms with van der Waals surface area (Å²) in [7, 11) is 0. The maximum absolute atomic E-state index is 10.6. The van der Waals surface area contributed by atoms with E-state index < -0.39 is 0 Å². The third-order valence-electron chi connectivity index (χ3n) is 2.08. The van der Waals surface area contributed by atoms with E-state index in [1.165, 1.54) is 6.07 Å². The maximum atomic E-state index is 10.6. The monoisotopic (exact) mass is 179 g/mol. The smallest absolute Gasteiger partial charge is 0.150 e. The Morgan fingerprint density at radius 1 is 1.62 bits per heavy atom. The van der Waals surface area contributed by atoms with Crippen molar-refractivity contribution < 1.29 is 9.90 Å². The van der Waals surface area contributed by atoms with Crippen molar-refractivity contribution in [3.63, 3.8) is 0 Å². The molecule has 0 saturated carbocycles. The van der Waals surface area contributed by atoms with Crippen LogP contribution in [0.15, 0.2) is 18.2 Å². The molecule has 1 aromatic rings. The minimum Gasteiger partial charge on any atom is -0.508 e. The summed E-state index contributed by atoms with van der Waals surface area (Å²) in [6.07, 6.45) is 0.737. The van der Waals surface area contributed by atoms with Crippen LogP contribution in [0, 0.1) is 0 Å². The van der Waals surface area contributed by atoms with E-state index in [9.17, 15) is 4.79 Å². The molecule has 1 atom stereocenters. The van der Waals surface area contributed by atoms with Gasteiger partial charge >= 0.3 is 0 Å². The van der Waals surface area contributed by atoms with Crippen LogP contribution in [-0.2, 0) is 0 Å². The number of carbonyl (C=O) groups is 1. The number of aromatic hydroxyl groups is 1. The highest BCUT2D eigenvalue weighted by molar-refractivity contribution is 5.78. The molecule has 3 nitrogen and oxygen atoms in total. The molecule has 0 heterocycles. The fourth-order valence-electron chi connectivity index (χ4n) is 1.24. The predicted octanol–water partition coefficient (Wildman–Crippen LogP) is 1.27. The van der Waals surface area contributed by atoms with E-state index >= 15 is 0 Å². The second-order valence-corrected chi connectivity index (χ2v) is 3.07. The second kappa shape index (κ2) is 4.05. The van der Waals surface area contributed by atoms with Gasteiger partial charge in [0.05, 0.1) is 0 Å². The van der Waals surface area contributed by atoms with Gasteiger partial charge < -0.3 is 10.8 Å². The molecule has 0 bridgehead atoms. The molecule has 1 aromatic carbocycles. The minimum absolute atomic E-state index is 0.107. The van der Waals surface area contributed by atoms with Crippen LogP contribution < -0.4 is 5.73 Å². The Morgan fingerprint density at radius 3 is 2.85 bits per heavy atom. The Balaban J connectivity index is 3.13. The topological polar surface area (TPSA) is 63.3 Å². The summed E-state index contributed by atoms with van der Waals surface area (Å²) in [6, 6.07) is 4.75. The van der Waals surface area contributed by atoms with Gasteiger partial charge in [-0.2, -0.15) is 0 Å². The molecule has 1 rings (SSSR count). The van der Waals surface area contributed by atoms with Crippen molar-refractivity contribution >= 4 is 6.29 Å². The highest BCUT2D eigenvalue weighted by atomic mass is 16.3. The summed E-state index contributed by atoms with van der Waals surface area (Å²) in [5, 5.41) is 9.13. The van der Waals surface area contributed by atoms with Crippen molar-refractivity contribution in [3.05, 3.63) is 29.3 Å². The standard InChI is InChI=1S/C10H13NO2/c1-7(5-11)10-3-2-9(13)4-8(10)6-12/h2-4,6-7,13H,5,11H2,1H3. The summed E-state index contributed by atoms with van der Waals surface area (Å²) < 4.78 is 0. The van der Waals surface area contributed by atoms with Crippen LogP contribution in [0.3, 0.4) is 0 Å². The van der Waals surface area contributed by atoms with Gasteiger partial charge in [0.25, 0.3) is 0 Å². The predicted molar refractivity (Wildman–Crippen MR) is 51.0 cm³/mol. The second-order valence-electron chi connectivity index (χ2n) is 3.07. The van der Waals surface area contributed by atoms with Crippen LogP contribution in [0.2, 0.25) is 0 Å². The molecule has 70 valence electrons. The van der Waals surface area contributed by atoms with Crippen LogP contribution in [0.1, 0.15) is 28.8 Å². The van der Waals surface area contributed by atoms with Gasteiger partial charge in [0, 0.05) is 5.56 Å². The zero-order chi connectivity index (χ0) is 9.84. The SMILES string of the molecule is CC(CN)c1ccc(O)cc1C=O. The molecule has 0 saturated heterocycles. The number of nitrogens with two attached hydrogens (primary N) is 1. The number of benzene rings is 1.